The third kappa shape index (κ3) is 1.35. The van der Waals surface area contributed by atoms with Crippen LogP contribution in [0, 0.1) is 0 Å². The Hall–Kier alpha value is -1.04. The van der Waals surface area contributed by atoms with Gasteiger partial charge in [0.2, 0.25) is 0 Å². The van der Waals surface area contributed by atoms with Gasteiger partial charge in [-0.3, -0.25) is 0 Å². The zero-order valence-corrected chi connectivity index (χ0v) is 6.59. The minimum atomic E-state index is 1.27. The molecule has 0 bridgehead atoms. The zero-order valence-electron chi connectivity index (χ0n) is 6.59. The molecule has 0 radical (unpaired) electrons. The van der Waals surface area contributed by atoms with Gasteiger partial charge in [0.05, 0.1) is 0 Å². The standard InChI is InChI=1S/C11H12/c1-2-4-7-11-9-5-8-10(11)6-3-1/h1-4,6-7H,5,8-9H2/b2-1-,3-1?,4-2?,6-3-,7-4-,10-6?,11-7?. The van der Waals surface area contributed by atoms with E-state index in [1.54, 1.807) is 0 Å². The van der Waals surface area contributed by atoms with Crippen molar-refractivity contribution in [3.63, 3.8) is 0 Å². The summed E-state index contributed by atoms with van der Waals surface area (Å²) in [5.41, 5.74) is 3.07. The largest absolute Gasteiger partial charge is 0.0623 e. The molecule has 2 rings (SSSR count). The summed E-state index contributed by atoms with van der Waals surface area (Å²) >= 11 is 0. The summed E-state index contributed by atoms with van der Waals surface area (Å²) in [4.78, 5) is 0. The van der Waals surface area contributed by atoms with Crippen molar-refractivity contribution in [1.29, 1.82) is 0 Å². The quantitative estimate of drug-likeness (QED) is 0.490. The van der Waals surface area contributed by atoms with Gasteiger partial charge >= 0.3 is 0 Å². The lowest BCUT2D eigenvalue weighted by Crippen LogP contribution is -1.76. The molecular formula is C11H12. The number of hydrogen-bond donors (Lipinski definition) is 0. The molecule has 0 N–H and O–H groups in total. The number of allylic oxidation sites excluding steroid dienone is 8. The van der Waals surface area contributed by atoms with Gasteiger partial charge in [0.15, 0.2) is 0 Å². The van der Waals surface area contributed by atoms with E-state index in [1.807, 2.05) is 0 Å². The Labute approximate surface area is 67.6 Å². The molecule has 0 heterocycles. The van der Waals surface area contributed by atoms with Crippen LogP contribution in [0.4, 0.5) is 0 Å². The van der Waals surface area contributed by atoms with Crippen molar-refractivity contribution in [3.05, 3.63) is 47.6 Å². The highest BCUT2D eigenvalue weighted by Crippen LogP contribution is 2.28. The Balaban J connectivity index is 2.33. The normalized spacial score (nSPS) is 30.5. The van der Waals surface area contributed by atoms with Gasteiger partial charge in [-0.1, -0.05) is 36.5 Å². The van der Waals surface area contributed by atoms with Gasteiger partial charge in [-0.05, 0) is 30.4 Å². The van der Waals surface area contributed by atoms with E-state index in [4.69, 9.17) is 0 Å². The summed E-state index contributed by atoms with van der Waals surface area (Å²) in [6, 6.07) is 0. The van der Waals surface area contributed by atoms with Crippen molar-refractivity contribution < 1.29 is 0 Å². The lowest BCUT2D eigenvalue weighted by atomic mass is 10.1. The van der Waals surface area contributed by atoms with Gasteiger partial charge in [-0.2, -0.15) is 0 Å². The van der Waals surface area contributed by atoms with Crippen molar-refractivity contribution in [3.8, 4) is 0 Å². The minimum Gasteiger partial charge on any atom is -0.0623 e. The van der Waals surface area contributed by atoms with E-state index in [-0.39, 0.29) is 0 Å². The van der Waals surface area contributed by atoms with Crippen LogP contribution in [0.25, 0.3) is 0 Å². The minimum absolute atomic E-state index is 1.27. The molecule has 0 saturated heterocycles. The van der Waals surface area contributed by atoms with Crippen LogP contribution >= 0.6 is 0 Å². The van der Waals surface area contributed by atoms with E-state index >= 15 is 0 Å². The van der Waals surface area contributed by atoms with Crippen molar-refractivity contribution >= 4 is 0 Å². The molecule has 0 unspecified atom stereocenters. The summed E-state index contributed by atoms with van der Waals surface area (Å²) in [6.45, 7) is 0. The van der Waals surface area contributed by atoms with Crippen LogP contribution in [0.15, 0.2) is 47.6 Å². The fourth-order valence-electron chi connectivity index (χ4n) is 1.64. The highest BCUT2D eigenvalue weighted by Gasteiger charge is 2.08. The molecule has 0 saturated carbocycles. The summed E-state index contributed by atoms with van der Waals surface area (Å²) in [6.07, 6.45) is 16.8. The number of rotatable bonds is 0. The average Bonchev–Trinajstić information content (AvgIpc) is 2.35. The molecule has 0 spiro atoms. The predicted molar refractivity (Wildman–Crippen MR) is 48.3 cm³/mol. The maximum absolute atomic E-state index is 2.24. The van der Waals surface area contributed by atoms with Gasteiger partial charge in [0.25, 0.3) is 0 Å². The third-order valence-corrected chi connectivity index (χ3v) is 2.23. The van der Waals surface area contributed by atoms with E-state index in [0.717, 1.165) is 0 Å². The molecule has 0 amide bonds. The maximum Gasteiger partial charge on any atom is -0.0273 e. The van der Waals surface area contributed by atoms with E-state index in [9.17, 15) is 0 Å². The zero-order chi connectivity index (χ0) is 7.52. The Morgan fingerprint density at radius 1 is 0.727 bits per heavy atom. The Bertz CT molecular complexity index is 236. The fraction of sp³-hybridized carbons (Fsp3) is 0.273. The van der Waals surface area contributed by atoms with Crippen LogP contribution < -0.4 is 0 Å². The molecule has 0 aromatic rings. The van der Waals surface area contributed by atoms with Crippen molar-refractivity contribution in [2.24, 2.45) is 0 Å². The lowest BCUT2D eigenvalue weighted by Gasteiger charge is -1.96. The summed E-state index contributed by atoms with van der Waals surface area (Å²) in [5, 5.41) is 0. The molecule has 0 aromatic carbocycles. The first-order valence-corrected chi connectivity index (χ1v) is 4.20. The first-order valence-electron chi connectivity index (χ1n) is 4.20. The van der Waals surface area contributed by atoms with Gasteiger partial charge in [-0.25, -0.2) is 0 Å². The van der Waals surface area contributed by atoms with Crippen molar-refractivity contribution in [2.75, 3.05) is 0 Å². The fourth-order valence-corrected chi connectivity index (χ4v) is 1.64. The second kappa shape index (κ2) is 2.91. The highest BCUT2D eigenvalue weighted by atomic mass is 14.1. The third-order valence-electron chi connectivity index (χ3n) is 2.23. The molecule has 0 heteroatoms. The second-order valence-corrected chi connectivity index (χ2v) is 3.01. The first-order chi connectivity index (χ1) is 5.47. The monoisotopic (exact) mass is 144 g/mol. The average molecular weight is 144 g/mol. The summed E-state index contributed by atoms with van der Waals surface area (Å²) in [5.74, 6) is 0. The van der Waals surface area contributed by atoms with Crippen LogP contribution in [-0.4, -0.2) is 0 Å². The van der Waals surface area contributed by atoms with E-state index in [0.29, 0.717) is 0 Å². The van der Waals surface area contributed by atoms with Crippen LogP contribution in [0.5, 0.6) is 0 Å². The molecule has 56 valence electrons. The van der Waals surface area contributed by atoms with Gasteiger partial charge in [0.1, 0.15) is 0 Å². The van der Waals surface area contributed by atoms with Gasteiger partial charge in [-0.15, -0.1) is 0 Å². The van der Waals surface area contributed by atoms with Crippen LogP contribution in [-0.2, 0) is 0 Å². The molecule has 2 aliphatic rings. The summed E-state index contributed by atoms with van der Waals surface area (Å²) in [7, 11) is 0. The van der Waals surface area contributed by atoms with Crippen molar-refractivity contribution in [1.82, 2.24) is 0 Å². The second-order valence-electron chi connectivity index (χ2n) is 3.01. The molecule has 2 aliphatic carbocycles. The van der Waals surface area contributed by atoms with Crippen LogP contribution in [0.1, 0.15) is 19.3 Å². The molecule has 0 aromatic heterocycles. The van der Waals surface area contributed by atoms with Gasteiger partial charge < -0.3 is 0 Å². The maximum atomic E-state index is 2.24. The Morgan fingerprint density at radius 3 is 1.82 bits per heavy atom. The summed E-state index contributed by atoms with van der Waals surface area (Å²) < 4.78 is 0. The molecular weight excluding hydrogens is 132 g/mol. The van der Waals surface area contributed by atoms with Gasteiger partial charge in [0, 0.05) is 0 Å². The molecule has 0 atom stereocenters. The number of hydrogen-bond acceptors (Lipinski definition) is 0. The SMILES string of the molecule is C1=C\C=C/C2=C(\C=C/1)CCC2. The van der Waals surface area contributed by atoms with E-state index in [2.05, 4.69) is 36.5 Å². The van der Waals surface area contributed by atoms with Crippen LogP contribution in [0.3, 0.4) is 0 Å². The molecule has 0 nitrogen and oxygen atoms in total. The predicted octanol–water partition coefficient (Wildman–Crippen LogP) is 3.15. The Kier molecular flexibility index (Phi) is 1.76. The van der Waals surface area contributed by atoms with E-state index < -0.39 is 0 Å². The molecule has 0 fully saturated rings. The topological polar surface area (TPSA) is 0 Å². The Morgan fingerprint density at radius 2 is 1.27 bits per heavy atom. The molecule has 0 aliphatic heterocycles. The van der Waals surface area contributed by atoms with E-state index in [1.165, 1.54) is 30.4 Å². The smallest absolute Gasteiger partial charge is 0.0273 e. The molecule has 11 heavy (non-hydrogen) atoms. The highest BCUT2D eigenvalue weighted by molar-refractivity contribution is 5.40. The van der Waals surface area contributed by atoms with Crippen molar-refractivity contribution in [2.45, 2.75) is 19.3 Å². The first kappa shape index (κ1) is 6.66. The lowest BCUT2D eigenvalue weighted by molar-refractivity contribution is 0.906. The van der Waals surface area contributed by atoms with Crippen LogP contribution in [0.2, 0.25) is 0 Å².